The maximum atomic E-state index is 13.5. The van der Waals surface area contributed by atoms with Crippen molar-refractivity contribution in [1.82, 2.24) is 4.90 Å². The third-order valence-electron chi connectivity index (χ3n) is 6.32. The number of carbonyl (C=O) groups is 2. The van der Waals surface area contributed by atoms with Gasteiger partial charge in [-0.05, 0) is 50.8 Å². The predicted octanol–water partition coefficient (Wildman–Crippen LogP) is 4.42. The highest BCUT2D eigenvalue weighted by Gasteiger charge is 2.33. The molecule has 2 aromatic carbocycles. The van der Waals surface area contributed by atoms with Gasteiger partial charge in [0, 0.05) is 42.1 Å². The van der Waals surface area contributed by atoms with Crippen LogP contribution in [-0.2, 0) is 4.79 Å². The number of piperidine rings is 1. The first-order chi connectivity index (χ1) is 15.3. The molecule has 3 atom stereocenters. The number of hydrogen-bond donors (Lipinski definition) is 2. The second-order valence-corrected chi connectivity index (χ2v) is 8.38. The molecule has 2 aromatic rings. The number of aromatic hydroxyl groups is 1. The molecule has 7 nitrogen and oxygen atoms in total. The molecule has 2 N–H and O–H groups in total. The van der Waals surface area contributed by atoms with Gasteiger partial charge in [0.2, 0.25) is 5.91 Å². The summed E-state index contributed by atoms with van der Waals surface area (Å²) in [5.41, 5.74) is 1.35. The Labute approximate surface area is 188 Å². The number of carboxylic acids is 1. The number of carboxylic acid groups (broad SMARTS) is 1. The van der Waals surface area contributed by atoms with Crippen molar-refractivity contribution in [2.24, 2.45) is 0 Å². The number of methoxy groups -OCH3 is 2. The Morgan fingerprint density at radius 1 is 1.06 bits per heavy atom. The van der Waals surface area contributed by atoms with E-state index in [4.69, 9.17) is 9.47 Å². The van der Waals surface area contributed by atoms with Gasteiger partial charge >= 0.3 is 5.97 Å². The van der Waals surface area contributed by atoms with E-state index in [1.807, 2.05) is 4.90 Å². The lowest BCUT2D eigenvalue weighted by molar-refractivity contribution is -0.137. The van der Waals surface area contributed by atoms with E-state index in [1.54, 1.807) is 18.2 Å². The summed E-state index contributed by atoms with van der Waals surface area (Å²) >= 11 is 0. The highest BCUT2D eigenvalue weighted by atomic mass is 16.5. The molecule has 3 unspecified atom stereocenters. The fraction of sp³-hybridized carbons (Fsp3) is 0.440. The standard InChI is InChI=1S/C25H31NO6/c1-15-6-5-7-16(2)26(15)23(28)14-20(17-8-10-18(11-9-17)25(29)30)24-21(27)12-19(31-3)13-22(24)32-4/h8-13,15-16,20,27H,5-7,14H2,1-4H3,(H,29,30). The van der Waals surface area contributed by atoms with Crippen molar-refractivity contribution in [3.63, 3.8) is 0 Å². The molecule has 1 aliphatic rings. The van der Waals surface area contributed by atoms with Crippen molar-refractivity contribution in [1.29, 1.82) is 0 Å². The van der Waals surface area contributed by atoms with Crippen LogP contribution in [0.5, 0.6) is 17.2 Å². The maximum Gasteiger partial charge on any atom is 0.335 e. The van der Waals surface area contributed by atoms with Crippen LogP contribution < -0.4 is 9.47 Å². The second-order valence-electron chi connectivity index (χ2n) is 8.38. The van der Waals surface area contributed by atoms with Gasteiger partial charge in [0.05, 0.1) is 19.8 Å². The zero-order valence-electron chi connectivity index (χ0n) is 19.0. The van der Waals surface area contributed by atoms with Gasteiger partial charge in [-0.3, -0.25) is 4.79 Å². The number of amides is 1. The smallest absolute Gasteiger partial charge is 0.335 e. The quantitative estimate of drug-likeness (QED) is 0.660. The Bertz CT molecular complexity index is 961. The number of nitrogens with zero attached hydrogens (tertiary/aromatic N) is 1. The first-order valence-electron chi connectivity index (χ1n) is 10.9. The van der Waals surface area contributed by atoms with E-state index in [1.165, 1.54) is 32.4 Å². The van der Waals surface area contributed by atoms with Gasteiger partial charge < -0.3 is 24.6 Å². The molecule has 172 valence electrons. The number of aromatic carboxylic acids is 1. The molecule has 7 heteroatoms. The van der Waals surface area contributed by atoms with Crippen LogP contribution in [0, 0.1) is 0 Å². The van der Waals surface area contributed by atoms with Gasteiger partial charge in [-0.2, -0.15) is 0 Å². The molecule has 32 heavy (non-hydrogen) atoms. The molecular weight excluding hydrogens is 410 g/mol. The van der Waals surface area contributed by atoms with Crippen molar-refractivity contribution < 1.29 is 29.3 Å². The number of likely N-dealkylation sites (tertiary alicyclic amines) is 1. The van der Waals surface area contributed by atoms with Gasteiger partial charge in [-0.15, -0.1) is 0 Å². The van der Waals surface area contributed by atoms with E-state index in [-0.39, 0.29) is 35.7 Å². The van der Waals surface area contributed by atoms with Gasteiger partial charge in [0.1, 0.15) is 17.2 Å². The molecule has 0 radical (unpaired) electrons. The van der Waals surface area contributed by atoms with E-state index in [9.17, 15) is 19.8 Å². The van der Waals surface area contributed by atoms with Crippen molar-refractivity contribution in [2.45, 2.75) is 57.5 Å². The highest BCUT2D eigenvalue weighted by Crippen LogP contribution is 2.43. The van der Waals surface area contributed by atoms with Crippen LogP contribution in [0.15, 0.2) is 36.4 Å². The molecule has 0 spiro atoms. The number of phenolic OH excluding ortho intramolecular Hbond substituents is 1. The number of phenols is 1. The molecular formula is C25H31NO6. The topological polar surface area (TPSA) is 96.3 Å². The van der Waals surface area contributed by atoms with Crippen molar-refractivity contribution >= 4 is 11.9 Å². The summed E-state index contributed by atoms with van der Waals surface area (Å²) in [6, 6.07) is 9.85. The summed E-state index contributed by atoms with van der Waals surface area (Å²) < 4.78 is 10.8. The third kappa shape index (κ3) is 4.82. The van der Waals surface area contributed by atoms with Gasteiger partial charge in [0.15, 0.2) is 0 Å². The average Bonchev–Trinajstić information content (AvgIpc) is 2.77. The lowest BCUT2D eigenvalue weighted by Gasteiger charge is -2.40. The van der Waals surface area contributed by atoms with E-state index in [2.05, 4.69) is 13.8 Å². The minimum absolute atomic E-state index is 0.00529. The summed E-state index contributed by atoms with van der Waals surface area (Å²) in [5, 5.41) is 20.1. The number of ether oxygens (including phenoxy) is 2. The summed E-state index contributed by atoms with van der Waals surface area (Å²) in [7, 11) is 3.00. The molecule has 0 saturated carbocycles. The van der Waals surface area contributed by atoms with Crippen LogP contribution in [0.25, 0.3) is 0 Å². The number of hydrogen-bond acceptors (Lipinski definition) is 5. The van der Waals surface area contributed by atoms with Crippen molar-refractivity contribution in [3.8, 4) is 17.2 Å². The molecule has 0 aromatic heterocycles. The Morgan fingerprint density at radius 2 is 1.69 bits per heavy atom. The Morgan fingerprint density at radius 3 is 2.22 bits per heavy atom. The SMILES string of the molecule is COc1cc(O)c(C(CC(=O)N2C(C)CCCC2C)c2ccc(C(=O)O)cc2)c(OC)c1. The van der Waals surface area contributed by atoms with Gasteiger partial charge in [-0.1, -0.05) is 12.1 Å². The lowest BCUT2D eigenvalue weighted by atomic mass is 9.85. The number of rotatable bonds is 7. The van der Waals surface area contributed by atoms with E-state index in [0.29, 0.717) is 17.1 Å². The minimum atomic E-state index is -1.02. The average molecular weight is 442 g/mol. The van der Waals surface area contributed by atoms with Crippen LogP contribution >= 0.6 is 0 Å². The first kappa shape index (κ1) is 23.4. The zero-order chi connectivity index (χ0) is 23.4. The van der Waals surface area contributed by atoms with Crippen molar-refractivity contribution in [3.05, 3.63) is 53.1 Å². The number of benzene rings is 2. The monoisotopic (exact) mass is 441 g/mol. The summed E-state index contributed by atoms with van der Waals surface area (Å²) in [6.07, 6.45) is 3.15. The Hall–Kier alpha value is -3.22. The van der Waals surface area contributed by atoms with Crippen LogP contribution in [-0.4, -0.2) is 53.3 Å². The Balaban J connectivity index is 2.06. The highest BCUT2D eigenvalue weighted by molar-refractivity contribution is 5.87. The fourth-order valence-electron chi connectivity index (χ4n) is 4.66. The minimum Gasteiger partial charge on any atom is -0.507 e. The molecule has 1 fully saturated rings. The third-order valence-corrected chi connectivity index (χ3v) is 6.32. The van der Waals surface area contributed by atoms with Crippen LogP contribution in [0.2, 0.25) is 0 Å². The summed E-state index contributed by atoms with van der Waals surface area (Å²) in [5.74, 6) is -0.748. The first-order valence-corrected chi connectivity index (χ1v) is 10.9. The van der Waals surface area contributed by atoms with Crippen molar-refractivity contribution in [2.75, 3.05) is 14.2 Å². The molecule has 0 bridgehead atoms. The normalized spacial score (nSPS) is 19.3. The molecule has 3 rings (SSSR count). The van der Waals surface area contributed by atoms with Crippen LogP contribution in [0.4, 0.5) is 0 Å². The molecule has 1 aliphatic heterocycles. The fourth-order valence-corrected chi connectivity index (χ4v) is 4.66. The van der Waals surface area contributed by atoms with Gasteiger partial charge in [0.25, 0.3) is 0 Å². The summed E-state index contributed by atoms with van der Waals surface area (Å²) in [6.45, 7) is 4.13. The summed E-state index contributed by atoms with van der Waals surface area (Å²) in [4.78, 5) is 26.7. The lowest BCUT2D eigenvalue weighted by Crippen LogP contribution is -2.47. The maximum absolute atomic E-state index is 13.5. The molecule has 1 saturated heterocycles. The van der Waals surface area contributed by atoms with E-state index in [0.717, 1.165) is 24.8 Å². The van der Waals surface area contributed by atoms with E-state index >= 15 is 0 Å². The predicted molar refractivity (Wildman–Crippen MR) is 121 cm³/mol. The van der Waals surface area contributed by atoms with E-state index < -0.39 is 11.9 Å². The van der Waals surface area contributed by atoms with Crippen LogP contribution in [0.1, 0.15) is 66.9 Å². The van der Waals surface area contributed by atoms with Gasteiger partial charge in [-0.25, -0.2) is 4.79 Å². The largest absolute Gasteiger partial charge is 0.507 e. The molecule has 0 aliphatic carbocycles. The Kier molecular flexibility index (Phi) is 7.28. The zero-order valence-corrected chi connectivity index (χ0v) is 19.0. The van der Waals surface area contributed by atoms with Crippen LogP contribution in [0.3, 0.4) is 0 Å². The second kappa shape index (κ2) is 9.94. The molecule has 1 heterocycles. The molecule has 1 amide bonds. The number of carbonyl (C=O) groups excluding carboxylic acids is 1.